The molecule has 3 heteroatoms. The van der Waals surface area contributed by atoms with Crippen LogP contribution in [0, 0.1) is 0 Å². The van der Waals surface area contributed by atoms with Crippen LogP contribution >= 0.6 is 0 Å². The third-order valence-electron chi connectivity index (χ3n) is 2.21. The zero-order valence-electron chi connectivity index (χ0n) is 8.61. The van der Waals surface area contributed by atoms with Gasteiger partial charge in [0.15, 0.2) is 0 Å². The Balaban J connectivity index is 0. The van der Waals surface area contributed by atoms with E-state index in [0.717, 1.165) is 25.9 Å². The summed E-state index contributed by atoms with van der Waals surface area (Å²) in [6.07, 6.45) is 4.04. The fourth-order valence-electron chi connectivity index (χ4n) is 1.36. The SMILES string of the molecule is C=CCOC1(C)CCNCC1.[Cl-].[H+]. The molecule has 0 spiro atoms. The van der Waals surface area contributed by atoms with Gasteiger partial charge in [-0.15, -0.1) is 6.58 Å². The van der Waals surface area contributed by atoms with Gasteiger partial charge in [-0.05, 0) is 32.9 Å². The van der Waals surface area contributed by atoms with E-state index in [-0.39, 0.29) is 19.4 Å². The second-order valence-corrected chi connectivity index (χ2v) is 3.30. The molecule has 0 bridgehead atoms. The van der Waals surface area contributed by atoms with E-state index in [4.69, 9.17) is 4.74 Å². The third kappa shape index (κ3) is 3.57. The molecule has 1 aliphatic heterocycles. The van der Waals surface area contributed by atoms with Crippen molar-refractivity contribution in [3.05, 3.63) is 12.7 Å². The number of hydrogen-bond donors (Lipinski definition) is 1. The van der Waals surface area contributed by atoms with E-state index in [0.29, 0.717) is 6.61 Å². The average molecular weight is 192 g/mol. The van der Waals surface area contributed by atoms with Crippen molar-refractivity contribution in [1.82, 2.24) is 5.32 Å². The van der Waals surface area contributed by atoms with Crippen LogP contribution in [0.15, 0.2) is 12.7 Å². The van der Waals surface area contributed by atoms with E-state index < -0.39 is 0 Å². The minimum atomic E-state index is 0. The van der Waals surface area contributed by atoms with Gasteiger partial charge in [0.1, 0.15) is 0 Å². The Morgan fingerprint density at radius 2 is 2.17 bits per heavy atom. The number of ether oxygens (including phenoxy) is 1. The standard InChI is InChI=1S/C9H17NO.ClH/c1-3-8-11-9(2)4-6-10-7-5-9;/h3,10H,1,4-8H2,2H3;1H. The third-order valence-corrected chi connectivity index (χ3v) is 2.21. The molecule has 0 aliphatic carbocycles. The molecule has 72 valence electrons. The van der Waals surface area contributed by atoms with Gasteiger partial charge in [-0.3, -0.25) is 0 Å². The summed E-state index contributed by atoms with van der Waals surface area (Å²) in [6.45, 7) is 8.64. The topological polar surface area (TPSA) is 21.3 Å². The summed E-state index contributed by atoms with van der Waals surface area (Å²) in [5, 5.41) is 3.31. The van der Waals surface area contributed by atoms with Gasteiger partial charge < -0.3 is 22.5 Å². The summed E-state index contributed by atoms with van der Waals surface area (Å²) in [5.74, 6) is 0. The maximum absolute atomic E-state index is 5.66. The fraction of sp³-hybridized carbons (Fsp3) is 0.778. The number of piperidine rings is 1. The summed E-state index contributed by atoms with van der Waals surface area (Å²) in [6, 6.07) is 0. The summed E-state index contributed by atoms with van der Waals surface area (Å²) < 4.78 is 5.66. The van der Waals surface area contributed by atoms with Gasteiger partial charge in [0.2, 0.25) is 0 Å². The monoisotopic (exact) mass is 191 g/mol. The highest BCUT2D eigenvalue weighted by Crippen LogP contribution is 2.21. The molecule has 0 aromatic heterocycles. The van der Waals surface area contributed by atoms with Crippen LogP contribution in [0.1, 0.15) is 21.2 Å². The van der Waals surface area contributed by atoms with Crippen molar-refractivity contribution < 1.29 is 18.6 Å². The van der Waals surface area contributed by atoms with Crippen molar-refractivity contribution in [2.75, 3.05) is 19.7 Å². The van der Waals surface area contributed by atoms with Crippen LogP contribution in [0.4, 0.5) is 0 Å². The van der Waals surface area contributed by atoms with Crippen LogP contribution in [0.25, 0.3) is 0 Å². The van der Waals surface area contributed by atoms with E-state index in [1.165, 1.54) is 0 Å². The van der Waals surface area contributed by atoms with Crippen molar-refractivity contribution in [2.45, 2.75) is 25.4 Å². The van der Waals surface area contributed by atoms with Crippen molar-refractivity contribution in [2.24, 2.45) is 0 Å². The van der Waals surface area contributed by atoms with Crippen molar-refractivity contribution in [3.8, 4) is 0 Å². The first kappa shape index (κ1) is 11.9. The minimum Gasteiger partial charge on any atom is -1.00 e. The molecule has 1 aliphatic rings. The van der Waals surface area contributed by atoms with Crippen LogP contribution in [-0.4, -0.2) is 25.3 Å². The van der Waals surface area contributed by atoms with E-state index in [1.807, 2.05) is 6.08 Å². The molecular formula is C9H18ClNO. The predicted octanol–water partition coefficient (Wildman–Crippen LogP) is -1.55. The lowest BCUT2D eigenvalue weighted by atomic mass is 9.95. The normalized spacial score (nSPS) is 21.1. The number of hydrogen-bond acceptors (Lipinski definition) is 2. The second-order valence-electron chi connectivity index (χ2n) is 3.30. The highest BCUT2D eigenvalue weighted by Gasteiger charge is 2.26. The van der Waals surface area contributed by atoms with Crippen LogP contribution < -0.4 is 17.7 Å². The van der Waals surface area contributed by atoms with Gasteiger partial charge in [0.25, 0.3) is 0 Å². The maximum atomic E-state index is 5.66. The zero-order valence-corrected chi connectivity index (χ0v) is 8.36. The van der Waals surface area contributed by atoms with E-state index >= 15 is 0 Å². The average Bonchev–Trinajstić information content (AvgIpc) is 2.03. The fourth-order valence-corrected chi connectivity index (χ4v) is 1.36. The Bertz CT molecular complexity index is 138. The molecule has 12 heavy (non-hydrogen) atoms. The van der Waals surface area contributed by atoms with Crippen molar-refractivity contribution in [1.29, 1.82) is 0 Å². The molecule has 0 aromatic carbocycles. The highest BCUT2D eigenvalue weighted by atomic mass is 35.5. The van der Waals surface area contributed by atoms with E-state index in [2.05, 4.69) is 18.8 Å². The van der Waals surface area contributed by atoms with Gasteiger partial charge in [0, 0.05) is 0 Å². The molecule has 1 N–H and O–H groups in total. The molecule has 1 saturated heterocycles. The molecule has 0 unspecified atom stereocenters. The minimum absolute atomic E-state index is 0. The van der Waals surface area contributed by atoms with Gasteiger partial charge in [-0.2, -0.15) is 0 Å². The summed E-state index contributed by atoms with van der Waals surface area (Å²) in [7, 11) is 0. The first-order chi connectivity index (χ1) is 5.27. The molecule has 0 aromatic rings. The molecule has 1 heterocycles. The zero-order chi connectivity index (χ0) is 8.16. The molecule has 1 rings (SSSR count). The largest absolute Gasteiger partial charge is 1.00 e. The van der Waals surface area contributed by atoms with Crippen molar-refractivity contribution in [3.63, 3.8) is 0 Å². The lowest BCUT2D eigenvalue weighted by Gasteiger charge is -2.33. The molecule has 0 amide bonds. The van der Waals surface area contributed by atoms with Crippen LogP contribution in [0.3, 0.4) is 0 Å². The number of nitrogens with one attached hydrogen (secondary N) is 1. The van der Waals surface area contributed by atoms with Gasteiger partial charge >= 0.3 is 1.43 Å². The van der Waals surface area contributed by atoms with Crippen LogP contribution in [0.2, 0.25) is 0 Å². The van der Waals surface area contributed by atoms with Crippen LogP contribution in [0.5, 0.6) is 0 Å². The smallest absolute Gasteiger partial charge is 1.00 e. The van der Waals surface area contributed by atoms with Crippen molar-refractivity contribution >= 4 is 0 Å². The lowest BCUT2D eigenvalue weighted by molar-refractivity contribution is -0.0375. The Kier molecular flexibility index (Phi) is 5.55. The first-order valence-corrected chi connectivity index (χ1v) is 4.22. The Hall–Kier alpha value is -0.0500. The number of halogens is 1. The summed E-state index contributed by atoms with van der Waals surface area (Å²) in [5.41, 5.74) is 0.0967. The Labute approximate surface area is 82.3 Å². The molecule has 0 saturated carbocycles. The quantitative estimate of drug-likeness (QED) is 0.546. The van der Waals surface area contributed by atoms with Gasteiger partial charge in [-0.1, -0.05) is 6.08 Å². The highest BCUT2D eigenvalue weighted by molar-refractivity contribution is 4.83. The Morgan fingerprint density at radius 3 is 2.67 bits per heavy atom. The first-order valence-electron chi connectivity index (χ1n) is 4.22. The maximum Gasteiger partial charge on any atom is 1.00 e. The summed E-state index contributed by atoms with van der Waals surface area (Å²) in [4.78, 5) is 0. The number of rotatable bonds is 3. The molecule has 0 atom stereocenters. The second kappa shape index (κ2) is 5.57. The molecule has 0 radical (unpaired) electrons. The summed E-state index contributed by atoms with van der Waals surface area (Å²) >= 11 is 0. The van der Waals surface area contributed by atoms with Gasteiger partial charge in [-0.25, -0.2) is 0 Å². The van der Waals surface area contributed by atoms with Gasteiger partial charge in [0.05, 0.1) is 12.2 Å². The van der Waals surface area contributed by atoms with E-state index in [1.54, 1.807) is 0 Å². The molecular weight excluding hydrogens is 174 g/mol. The molecule has 1 fully saturated rings. The predicted molar refractivity (Wildman–Crippen MR) is 47.8 cm³/mol. The lowest BCUT2D eigenvalue weighted by Crippen LogP contribution is -3.00. The van der Waals surface area contributed by atoms with Crippen LogP contribution in [-0.2, 0) is 4.74 Å². The van der Waals surface area contributed by atoms with E-state index in [9.17, 15) is 0 Å². The molecule has 2 nitrogen and oxygen atoms in total. The Morgan fingerprint density at radius 1 is 1.58 bits per heavy atom.